The summed E-state index contributed by atoms with van der Waals surface area (Å²) in [6, 6.07) is 13.9. The van der Waals surface area contributed by atoms with Gasteiger partial charge in [0.2, 0.25) is 16.6 Å². The molecule has 0 atom stereocenters. The largest absolute Gasteiger partial charge is 0.454 e. The van der Waals surface area contributed by atoms with Crippen LogP contribution in [0.15, 0.2) is 53.7 Å². The summed E-state index contributed by atoms with van der Waals surface area (Å²) < 4.78 is 37.2. The number of para-hydroxylation sites is 1. The predicted octanol–water partition coefficient (Wildman–Crippen LogP) is 1.36. The van der Waals surface area contributed by atoms with Gasteiger partial charge in [-0.15, -0.1) is 0 Å². The van der Waals surface area contributed by atoms with Crippen LogP contribution in [0.5, 0.6) is 11.5 Å². The summed E-state index contributed by atoms with van der Waals surface area (Å²) in [5.74, 6) is 0.896. The average molecular weight is 344 g/mol. The first kappa shape index (κ1) is 14.6. The Morgan fingerprint density at radius 3 is 2.67 bits per heavy atom. The van der Waals surface area contributed by atoms with Gasteiger partial charge in [-0.2, -0.15) is 4.68 Å². The van der Waals surface area contributed by atoms with E-state index in [0.717, 1.165) is 0 Å². The lowest BCUT2D eigenvalue weighted by molar-refractivity contribution is 0.174. The van der Waals surface area contributed by atoms with E-state index in [1.165, 1.54) is 4.68 Å². The molecule has 0 unspecified atom stereocenters. The first-order valence-electron chi connectivity index (χ1n) is 7.08. The first-order valence-corrected chi connectivity index (χ1v) is 8.74. The maximum atomic E-state index is 12.7. The highest BCUT2D eigenvalue weighted by Crippen LogP contribution is 2.33. The lowest BCUT2D eigenvalue weighted by Gasteiger charge is -2.06. The highest BCUT2D eigenvalue weighted by Gasteiger charge is 2.25. The molecule has 9 heteroatoms. The number of aromatic nitrogens is 4. The van der Waals surface area contributed by atoms with Crippen LogP contribution in [0.4, 0.5) is 0 Å². The summed E-state index contributed by atoms with van der Waals surface area (Å²) in [4.78, 5) is 0. The van der Waals surface area contributed by atoms with Crippen molar-refractivity contribution in [3.8, 4) is 17.2 Å². The van der Waals surface area contributed by atoms with Crippen LogP contribution in [0, 0.1) is 0 Å². The zero-order valence-corrected chi connectivity index (χ0v) is 13.2. The number of tetrazole rings is 1. The molecular weight excluding hydrogens is 332 g/mol. The molecule has 0 fully saturated rings. The van der Waals surface area contributed by atoms with Gasteiger partial charge in [0, 0.05) is 0 Å². The van der Waals surface area contributed by atoms with Crippen LogP contribution in [0.3, 0.4) is 0 Å². The predicted molar refractivity (Wildman–Crippen MR) is 82.6 cm³/mol. The Morgan fingerprint density at radius 1 is 1.04 bits per heavy atom. The minimum Gasteiger partial charge on any atom is -0.454 e. The van der Waals surface area contributed by atoms with Crippen molar-refractivity contribution >= 4 is 9.84 Å². The molecule has 0 radical (unpaired) electrons. The van der Waals surface area contributed by atoms with Gasteiger partial charge in [-0.1, -0.05) is 29.4 Å². The fourth-order valence-electron chi connectivity index (χ4n) is 2.42. The zero-order valence-electron chi connectivity index (χ0n) is 12.4. The quantitative estimate of drug-likeness (QED) is 0.705. The number of benzene rings is 2. The number of hydrogen-bond acceptors (Lipinski definition) is 7. The van der Waals surface area contributed by atoms with Crippen LogP contribution < -0.4 is 9.47 Å². The van der Waals surface area contributed by atoms with E-state index < -0.39 is 9.84 Å². The molecule has 0 saturated heterocycles. The molecule has 3 aromatic rings. The van der Waals surface area contributed by atoms with Crippen molar-refractivity contribution in [2.24, 2.45) is 0 Å². The van der Waals surface area contributed by atoms with Crippen molar-refractivity contribution in [2.75, 3.05) is 6.79 Å². The van der Waals surface area contributed by atoms with Crippen LogP contribution in [0.25, 0.3) is 5.69 Å². The topological polar surface area (TPSA) is 96.2 Å². The second-order valence-corrected chi connectivity index (χ2v) is 7.04. The average Bonchev–Trinajstić information content (AvgIpc) is 3.24. The second kappa shape index (κ2) is 5.60. The highest BCUT2D eigenvalue weighted by atomic mass is 32.2. The van der Waals surface area contributed by atoms with E-state index in [2.05, 4.69) is 15.5 Å². The molecule has 0 bridgehead atoms. The van der Waals surface area contributed by atoms with Crippen LogP contribution in [-0.4, -0.2) is 35.4 Å². The van der Waals surface area contributed by atoms with Crippen molar-refractivity contribution in [3.05, 3.63) is 54.1 Å². The zero-order chi connectivity index (χ0) is 16.6. The lowest BCUT2D eigenvalue weighted by atomic mass is 10.2. The maximum absolute atomic E-state index is 12.7. The fourth-order valence-corrected chi connectivity index (χ4v) is 3.73. The van der Waals surface area contributed by atoms with Crippen molar-refractivity contribution in [1.82, 2.24) is 20.2 Å². The van der Waals surface area contributed by atoms with Crippen LogP contribution >= 0.6 is 0 Å². The molecule has 0 saturated carbocycles. The molecule has 1 aromatic heterocycles. The van der Waals surface area contributed by atoms with Crippen LogP contribution in [0.2, 0.25) is 0 Å². The summed E-state index contributed by atoms with van der Waals surface area (Å²) in [7, 11) is -3.74. The summed E-state index contributed by atoms with van der Waals surface area (Å²) in [5, 5.41) is 10.8. The van der Waals surface area contributed by atoms with Gasteiger partial charge in [0.15, 0.2) is 11.5 Å². The number of nitrogens with zero attached hydrogens (tertiary/aromatic N) is 4. The van der Waals surface area contributed by atoms with Crippen molar-refractivity contribution in [1.29, 1.82) is 0 Å². The Kier molecular flexibility index (Phi) is 3.42. The summed E-state index contributed by atoms with van der Waals surface area (Å²) >= 11 is 0. The van der Waals surface area contributed by atoms with E-state index in [-0.39, 0.29) is 17.7 Å². The van der Waals surface area contributed by atoms with E-state index in [1.54, 1.807) is 42.5 Å². The molecule has 0 aliphatic carbocycles. The Hall–Kier alpha value is -2.94. The monoisotopic (exact) mass is 344 g/mol. The van der Waals surface area contributed by atoms with Gasteiger partial charge in [-0.25, -0.2) is 8.42 Å². The van der Waals surface area contributed by atoms with Gasteiger partial charge >= 0.3 is 0 Å². The Balaban J connectivity index is 1.68. The highest BCUT2D eigenvalue weighted by molar-refractivity contribution is 7.90. The fraction of sp³-hybridized carbons (Fsp3) is 0.133. The van der Waals surface area contributed by atoms with Gasteiger partial charge < -0.3 is 9.47 Å². The first-order chi connectivity index (χ1) is 11.6. The third-order valence-electron chi connectivity index (χ3n) is 3.51. The second-order valence-electron chi connectivity index (χ2n) is 5.16. The van der Waals surface area contributed by atoms with E-state index in [1.807, 2.05) is 6.07 Å². The standard InChI is InChI=1S/C15H12N4O4S/c20-24(21,9-11-6-7-13-14(8-11)23-10-22-13)15-16-17-18-19(15)12-4-2-1-3-5-12/h1-8H,9-10H2. The molecule has 4 rings (SSSR count). The summed E-state index contributed by atoms with van der Waals surface area (Å²) in [5.41, 5.74) is 1.15. The van der Waals surface area contributed by atoms with Gasteiger partial charge in [-0.05, 0) is 40.3 Å². The Labute approximate surface area is 137 Å². The minimum atomic E-state index is -3.74. The molecule has 2 heterocycles. The molecular formula is C15H12N4O4S. The van der Waals surface area contributed by atoms with E-state index in [9.17, 15) is 8.42 Å². The molecule has 0 amide bonds. The molecule has 0 spiro atoms. The van der Waals surface area contributed by atoms with E-state index in [4.69, 9.17) is 9.47 Å². The SMILES string of the molecule is O=S(=O)(Cc1ccc2c(c1)OCO2)c1nnnn1-c1ccccc1. The van der Waals surface area contributed by atoms with Crippen LogP contribution in [0.1, 0.15) is 5.56 Å². The van der Waals surface area contributed by atoms with E-state index in [0.29, 0.717) is 22.7 Å². The third kappa shape index (κ3) is 2.58. The molecule has 1 aliphatic rings. The van der Waals surface area contributed by atoms with Crippen molar-refractivity contribution in [2.45, 2.75) is 10.9 Å². The molecule has 8 nitrogen and oxygen atoms in total. The molecule has 24 heavy (non-hydrogen) atoms. The van der Waals surface area contributed by atoms with Gasteiger partial charge in [-0.3, -0.25) is 0 Å². The summed E-state index contributed by atoms with van der Waals surface area (Å²) in [6.45, 7) is 0.137. The molecule has 0 N–H and O–H groups in total. The normalized spacial score (nSPS) is 13.2. The molecule has 1 aliphatic heterocycles. The number of sulfone groups is 1. The molecule has 122 valence electrons. The summed E-state index contributed by atoms with van der Waals surface area (Å²) in [6.07, 6.45) is 0. The third-order valence-corrected chi connectivity index (χ3v) is 5.04. The van der Waals surface area contributed by atoms with E-state index >= 15 is 0 Å². The number of hydrogen-bond donors (Lipinski definition) is 0. The van der Waals surface area contributed by atoms with Crippen molar-refractivity contribution in [3.63, 3.8) is 0 Å². The molecule has 2 aromatic carbocycles. The van der Waals surface area contributed by atoms with Crippen LogP contribution in [-0.2, 0) is 15.6 Å². The Bertz CT molecular complexity index is 986. The lowest BCUT2D eigenvalue weighted by Crippen LogP contribution is -2.13. The van der Waals surface area contributed by atoms with Gasteiger partial charge in [0.05, 0.1) is 11.4 Å². The van der Waals surface area contributed by atoms with Gasteiger partial charge in [0.25, 0.3) is 5.16 Å². The van der Waals surface area contributed by atoms with Crippen molar-refractivity contribution < 1.29 is 17.9 Å². The smallest absolute Gasteiger partial charge is 0.272 e. The Morgan fingerprint density at radius 2 is 1.83 bits per heavy atom. The number of fused-ring (bicyclic) bond motifs is 1. The van der Waals surface area contributed by atoms with Gasteiger partial charge in [0.1, 0.15) is 0 Å². The minimum absolute atomic E-state index is 0.137. The maximum Gasteiger partial charge on any atom is 0.272 e. The number of rotatable bonds is 4. The number of ether oxygens (including phenoxy) is 2.